The minimum absolute atomic E-state index is 0.00581. The van der Waals surface area contributed by atoms with Gasteiger partial charge in [0, 0.05) is 0 Å². The smallest absolute Gasteiger partial charge is 0.184 e. The summed E-state index contributed by atoms with van der Waals surface area (Å²) in [6.45, 7) is 12.1. The molecule has 1 heterocycles. The van der Waals surface area contributed by atoms with E-state index in [2.05, 4.69) is 0 Å². The Bertz CT molecular complexity index is 254. The van der Waals surface area contributed by atoms with Crippen molar-refractivity contribution in [3.63, 3.8) is 0 Å². The molecule has 1 aliphatic rings. The number of aliphatic hydroxyl groups is 1. The van der Waals surface area contributed by atoms with Crippen LogP contribution in [0.15, 0.2) is 0 Å². The lowest BCUT2D eigenvalue weighted by Gasteiger charge is -2.27. The molecule has 1 rings (SSSR count). The molecule has 0 aromatic rings. The maximum Gasteiger partial charge on any atom is 0.184 e. The molecular formula is C14H28O5. The molecule has 0 aromatic carbocycles. The van der Waals surface area contributed by atoms with Crippen LogP contribution in [0.3, 0.4) is 0 Å². The quantitative estimate of drug-likeness (QED) is 0.767. The molecule has 4 atom stereocenters. The highest BCUT2D eigenvalue weighted by Crippen LogP contribution is 2.27. The second-order valence-corrected chi connectivity index (χ2v) is 5.75. The van der Waals surface area contributed by atoms with Crippen LogP contribution in [0.5, 0.6) is 0 Å². The molecule has 1 N–H and O–H groups in total. The van der Waals surface area contributed by atoms with Gasteiger partial charge in [0.1, 0.15) is 18.3 Å². The highest BCUT2D eigenvalue weighted by atomic mass is 16.7. The third-order valence-corrected chi connectivity index (χ3v) is 2.74. The molecule has 114 valence electrons. The van der Waals surface area contributed by atoms with Crippen LogP contribution in [0.2, 0.25) is 0 Å². The number of ether oxygens (including phenoxy) is 4. The summed E-state index contributed by atoms with van der Waals surface area (Å²) in [4.78, 5) is 0. The van der Waals surface area contributed by atoms with Crippen molar-refractivity contribution in [1.29, 1.82) is 0 Å². The first-order valence-corrected chi connectivity index (χ1v) is 7.07. The predicted molar refractivity (Wildman–Crippen MR) is 72.0 cm³/mol. The van der Waals surface area contributed by atoms with E-state index in [0.717, 1.165) is 0 Å². The zero-order chi connectivity index (χ0) is 14.6. The van der Waals surface area contributed by atoms with Gasteiger partial charge in [-0.2, -0.15) is 0 Å². The molecule has 5 nitrogen and oxygen atoms in total. The Morgan fingerprint density at radius 2 is 1.42 bits per heavy atom. The van der Waals surface area contributed by atoms with Crippen LogP contribution < -0.4 is 0 Å². The van der Waals surface area contributed by atoms with E-state index in [1.54, 1.807) is 0 Å². The number of hydrogen-bond donors (Lipinski definition) is 1. The molecule has 0 unspecified atom stereocenters. The van der Waals surface area contributed by atoms with Gasteiger partial charge in [0.15, 0.2) is 6.29 Å². The average Bonchev–Trinajstić information content (AvgIpc) is 2.53. The van der Waals surface area contributed by atoms with Crippen LogP contribution in [0.25, 0.3) is 0 Å². The van der Waals surface area contributed by atoms with E-state index in [1.165, 1.54) is 0 Å². The third-order valence-electron chi connectivity index (χ3n) is 2.74. The van der Waals surface area contributed by atoms with Gasteiger partial charge in [0.25, 0.3) is 0 Å². The van der Waals surface area contributed by atoms with Crippen molar-refractivity contribution in [1.82, 2.24) is 0 Å². The van der Waals surface area contributed by atoms with Gasteiger partial charge in [0.2, 0.25) is 0 Å². The van der Waals surface area contributed by atoms with E-state index < -0.39 is 12.4 Å². The standard InChI is InChI=1S/C14H28O5/c1-8(2)16-7-11-12(17-9(3)4)13(14(15)19-11)18-10(5)6/h8-15H,7H2,1-6H3/t11-,12-,13-,14-/m1/s1. The molecule has 19 heavy (non-hydrogen) atoms. The van der Waals surface area contributed by atoms with E-state index in [9.17, 15) is 5.11 Å². The van der Waals surface area contributed by atoms with Gasteiger partial charge in [-0.25, -0.2) is 0 Å². The summed E-state index contributed by atoms with van der Waals surface area (Å²) >= 11 is 0. The van der Waals surface area contributed by atoms with Crippen molar-refractivity contribution in [3.8, 4) is 0 Å². The van der Waals surface area contributed by atoms with Crippen molar-refractivity contribution in [3.05, 3.63) is 0 Å². The number of aliphatic hydroxyl groups excluding tert-OH is 1. The predicted octanol–water partition coefficient (Wildman–Crippen LogP) is 1.72. The summed E-state index contributed by atoms with van der Waals surface area (Å²) in [5.74, 6) is 0. The topological polar surface area (TPSA) is 57.2 Å². The van der Waals surface area contributed by atoms with Crippen LogP contribution in [0.4, 0.5) is 0 Å². The summed E-state index contributed by atoms with van der Waals surface area (Å²) in [5.41, 5.74) is 0. The zero-order valence-electron chi connectivity index (χ0n) is 12.8. The average molecular weight is 276 g/mol. The Balaban J connectivity index is 2.68. The van der Waals surface area contributed by atoms with E-state index in [0.29, 0.717) is 6.61 Å². The molecule has 0 bridgehead atoms. The summed E-state index contributed by atoms with van der Waals surface area (Å²) in [6, 6.07) is 0. The molecule has 1 saturated heterocycles. The lowest BCUT2D eigenvalue weighted by atomic mass is 10.1. The Kier molecular flexibility index (Phi) is 6.69. The summed E-state index contributed by atoms with van der Waals surface area (Å²) in [6.07, 6.45) is -1.88. The fourth-order valence-corrected chi connectivity index (χ4v) is 2.07. The fraction of sp³-hybridized carbons (Fsp3) is 1.00. The van der Waals surface area contributed by atoms with Crippen LogP contribution >= 0.6 is 0 Å². The fourth-order valence-electron chi connectivity index (χ4n) is 2.07. The second kappa shape index (κ2) is 7.55. The van der Waals surface area contributed by atoms with Crippen LogP contribution in [0.1, 0.15) is 41.5 Å². The molecule has 0 aliphatic carbocycles. The highest BCUT2D eigenvalue weighted by Gasteiger charge is 2.46. The van der Waals surface area contributed by atoms with Crippen molar-refractivity contribution < 1.29 is 24.1 Å². The SMILES string of the molecule is CC(C)OC[C@H]1O[C@@H](O)[C@H](OC(C)C)[C@@H]1OC(C)C. The minimum Gasteiger partial charge on any atom is -0.376 e. The Hall–Kier alpha value is -0.200. The maximum absolute atomic E-state index is 9.97. The van der Waals surface area contributed by atoms with Crippen molar-refractivity contribution >= 4 is 0 Å². The van der Waals surface area contributed by atoms with Gasteiger partial charge < -0.3 is 24.1 Å². The van der Waals surface area contributed by atoms with E-state index in [1.807, 2.05) is 41.5 Å². The molecule has 0 spiro atoms. The van der Waals surface area contributed by atoms with Crippen LogP contribution in [-0.2, 0) is 18.9 Å². The van der Waals surface area contributed by atoms with Crippen LogP contribution in [0, 0.1) is 0 Å². The monoisotopic (exact) mass is 276 g/mol. The second-order valence-electron chi connectivity index (χ2n) is 5.75. The molecule has 0 aromatic heterocycles. The first-order chi connectivity index (χ1) is 8.81. The highest BCUT2D eigenvalue weighted by molar-refractivity contribution is 4.89. The Morgan fingerprint density at radius 3 is 1.89 bits per heavy atom. The Labute approximate surface area is 116 Å². The summed E-state index contributed by atoms with van der Waals surface area (Å²) < 4.78 is 22.7. The van der Waals surface area contributed by atoms with Gasteiger partial charge in [-0.1, -0.05) is 0 Å². The molecule has 5 heteroatoms. The molecule has 1 fully saturated rings. The van der Waals surface area contributed by atoms with E-state index in [4.69, 9.17) is 18.9 Å². The number of rotatable bonds is 7. The van der Waals surface area contributed by atoms with E-state index >= 15 is 0 Å². The first kappa shape index (κ1) is 16.9. The summed E-state index contributed by atoms with van der Waals surface area (Å²) in [7, 11) is 0. The lowest BCUT2D eigenvalue weighted by molar-refractivity contribution is -0.161. The third kappa shape index (κ3) is 5.36. The van der Waals surface area contributed by atoms with Gasteiger partial charge in [-0.15, -0.1) is 0 Å². The van der Waals surface area contributed by atoms with E-state index in [-0.39, 0.29) is 30.5 Å². The molecular weight excluding hydrogens is 248 g/mol. The normalized spacial score (nSPS) is 31.9. The molecule has 0 radical (unpaired) electrons. The van der Waals surface area contributed by atoms with Gasteiger partial charge >= 0.3 is 0 Å². The largest absolute Gasteiger partial charge is 0.376 e. The Morgan fingerprint density at radius 1 is 0.895 bits per heavy atom. The molecule has 0 amide bonds. The van der Waals surface area contributed by atoms with Gasteiger partial charge in [0.05, 0.1) is 24.9 Å². The first-order valence-electron chi connectivity index (χ1n) is 7.07. The maximum atomic E-state index is 9.97. The molecule has 1 aliphatic heterocycles. The number of hydrogen-bond acceptors (Lipinski definition) is 5. The van der Waals surface area contributed by atoms with Crippen molar-refractivity contribution in [2.45, 2.75) is 84.5 Å². The molecule has 0 saturated carbocycles. The summed E-state index contributed by atoms with van der Waals surface area (Å²) in [5, 5.41) is 9.97. The van der Waals surface area contributed by atoms with Crippen LogP contribution in [-0.4, -0.2) is 54.6 Å². The lowest BCUT2D eigenvalue weighted by Crippen LogP contribution is -2.42. The van der Waals surface area contributed by atoms with Gasteiger partial charge in [-0.3, -0.25) is 0 Å². The van der Waals surface area contributed by atoms with Crippen molar-refractivity contribution in [2.75, 3.05) is 6.61 Å². The minimum atomic E-state index is -0.966. The zero-order valence-corrected chi connectivity index (χ0v) is 12.8. The van der Waals surface area contributed by atoms with Gasteiger partial charge in [-0.05, 0) is 41.5 Å². The van der Waals surface area contributed by atoms with Crippen molar-refractivity contribution in [2.24, 2.45) is 0 Å².